The first-order valence-electron chi connectivity index (χ1n) is 5.62. The number of carbonyl (C=O) groups is 1. The second-order valence-electron chi connectivity index (χ2n) is 4.14. The average molecular weight is 239 g/mol. The largest absolute Gasteiger partial charge is 0.373 e. The van der Waals surface area contributed by atoms with E-state index in [9.17, 15) is 4.79 Å². The summed E-state index contributed by atoms with van der Waals surface area (Å²) in [4.78, 5) is 11.1. The van der Waals surface area contributed by atoms with Crippen LogP contribution in [0.3, 0.4) is 0 Å². The minimum absolute atomic E-state index is 0.217. The summed E-state index contributed by atoms with van der Waals surface area (Å²) in [7, 11) is 0. The van der Waals surface area contributed by atoms with Gasteiger partial charge in [-0.25, -0.2) is 0 Å². The van der Waals surface area contributed by atoms with Crippen LogP contribution in [-0.2, 0) is 16.1 Å². The van der Waals surface area contributed by atoms with Gasteiger partial charge in [-0.1, -0.05) is 29.8 Å². The van der Waals surface area contributed by atoms with Gasteiger partial charge in [0.15, 0.2) is 0 Å². The van der Waals surface area contributed by atoms with Crippen LogP contribution in [-0.4, -0.2) is 11.9 Å². The second kappa shape index (κ2) is 5.46. The zero-order chi connectivity index (χ0) is 11.4. The van der Waals surface area contributed by atoms with E-state index in [1.54, 1.807) is 0 Å². The Morgan fingerprint density at radius 1 is 1.25 bits per heavy atom. The van der Waals surface area contributed by atoms with Gasteiger partial charge in [0.25, 0.3) is 0 Å². The zero-order valence-electron chi connectivity index (χ0n) is 9.12. The van der Waals surface area contributed by atoms with Crippen LogP contribution in [0.5, 0.6) is 0 Å². The fourth-order valence-electron chi connectivity index (χ4n) is 1.90. The summed E-state index contributed by atoms with van der Waals surface area (Å²) in [5.41, 5.74) is 1.01. The van der Waals surface area contributed by atoms with Crippen LogP contribution in [0, 0.1) is 0 Å². The molecule has 1 aliphatic carbocycles. The summed E-state index contributed by atoms with van der Waals surface area (Å²) in [6.45, 7) is 0.540. The molecule has 86 valence electrons. The van der Waals surface area contributed by atoms with E-state index in [1.165, 1.54) is 0 Å². The molecule has 0 amide bonds. The number of ether oxygens (including phenoxy) is 1. The molecule has 0 radical (unpaired) electrons. The quantitative estimate of drug-likeness (QED) is 0.807. The SMILES string of the molecule is O=C1CCC(OCc2ccccc2Cl)CC1. The van der Waals surface area contributed by atoms with Gasteiger partial charge in [-0.05, 0) is 24.5 Å². The van der Waals surface area contributed by atoms with E-state index in [4.69, 9.17) is 16.3 Å². The Bertz CT molecular complexity index is 366. The third-order valence-corrected chi connectivity index (χ3v) is 3.29. The van der Waals surface area contributed by atoms with Crippen molar-refractivity contribution >= 4 is 17.4 Å². The highest BCUT2D eigenvalue weighted by Gasteiger charge is 2.19. The maximum absolute atomic E-state index is 11.1. The van der Waals surface area contributed by atoms with Gasteiger partial charge in [-0.15, -0.1) is 0 Å². The van der Waals surface area contributed by atoms with Gasteiger partial charge in [0.2, 0.25) is 0 Å². The monoisotopic (exact) mass is 238 g/mol. The normalized spacial score (nSPS) is 17.7. The standard InChI is InChI=1S/C13H15ClO2/c14-13-4-2-1-3-10(13)9-16-12-7-5-11(15)6-8-12/h1-4,12H,5-9H2. The summed E-state index contributed by atoms with van der Waals surface area (Å²) >= 11 is 6.03. The van der Waals surface area contributed by atoms with Crippen molar-refractivity contribution in [3.8, 4) is 0 Å². The molecule has 0 unspecified atom stereocenters. The van der Waals surface area contributed by atoms with Crippen molar-refractivity contribution in [1.82, 2.24) is 0 Å². The van der Waals surface area contributed by atoms with Gasteiger partial charge in [0.1, 0.15) is 5.78 Å². The third-order valence-electron chi connectivity index (χ3n) is 2.92. The molecule has 0 N–H and O–H groups in total. The van der Waals surface area contributed by atoms with Gasteiger partial charge >= 0.3 is 0 Å². The van der Waals surface area contributed by atoms with Crippen LogP contribution in [0.1, 0.15) is 31.2 Å². The molecule has 0 spiro atoms. The van der Waals surface area contributed by atoms with E-state index in [2.05, 4.69) is 0 Å². The van der Waals surface area contributed by atoms with E-state index in [0.717, 1.165) is 23.4 Å². The smallest absolute Gasteiger partial charge is 0.133 e. The highest BCUT2D eigenvalue weighted by Crippen LogP contribution is 2.21. The Morgan fingerprint density at radius 2 is 1.94 bits per heavy atom. The van der Waals surface area contributed by atoms with Crippen molar-refractivity contribution in [3.63, 3.8) is 0 Å². The molecule has 1 aromatic rings. The van der Waals surface area contributed by atoms with Crippen LogP contribution < -0.4 is 0 Å². The molecule has 1 aliphatic rings. The maximum atomic E-state index is 11.1. The molecular weight excluding hydrogens is 224 g/mol. The first-order chi connectivity index (χ1) is 7.75. The number of ketones is 1. The van der Waals surface area contributed by atoms with Crippen LogP contribution >= 0.6 is 11.6 Å². The number of hydrogen-bond acceptors (Lipinski definition) is 2. The molecule has 1 fully saturated rings. The molecule has 16 heavy (non-hydrogen) atoms. The minimum Gasteiger partial charge on any atom is -0.373 e. The molecule has 0 bridgehead atoms. The van der Waals surface area contributed by atoms with Crippen molar-refractivity contribution < 1.29 is 9.53 Å². The number of rotatable bonds is 3. The number of halogens is 1. The van der Waals surface area contributed by atoms with E-state index in [1.807, 2.05) is 24.3 Å². The van der Waals surface area contributed by atoms with Gasteiger partial charge in [0, 0.05) is 17.9 Å². The molecule has 2 rings (SSSR count). The highest BCUT2D eigenvalue weighted by atomic mass is 35.5. The summed E-state index contributed by atoms with van der Waals surface area (Å²) in [6, 6.07) is 7.70. The average Bonchev–Trinajstić information content (AvgIpc) is 2.30. The Labute approximate surface area is 101 Å². The van der Waals surface area contributed by atoms with Crippen molar-refractivity contribution in [2.24, 2.45) is 0 Å². The molecule has 0 aromatic heterocycles. The lowest BCUT2D eigenvalue weighted by Gasteiger charge is -2.21. The summed E-state index contributed by atoms with van der Waals surface area (Å²) in [5.74, 6) is 0.359. The molecular formula is C13H15ClO2. The van der Waals surface area contributed by atoms with Gasteiger partial charge in [-0.2, -0.15) is 0 Å². The number of benzene rings is 1. The van der Waals surface area contributed by atoms with E-state index in [0.29, 0.717) is 25.2 Å². The van der Waals surface area contributed by atoms with Gasteiger partial charge in [-0.3, -0.25) is 4.79 Å². The highest BCUT2D eigenvalue weighted by molar-refractivity contribution is 6.31. The fraction of sp³-hybridized carbons (Fsp3) is 0.462. The van der Waals surface area contributed by atoms with Gasteiger partial charge in [0.05, 0.1) is 12.7 Å². The van der Waals surface area contributed by atoms with E-state index < -0.39 is 0 Å². The maximum Gasteiger partial charge on any atom is 0.133 e. The Hall–Kier alpha value is -0.860. The lowest BCUT2D eigenvalue weighted by atomic mass is 9.96. The van der Waals surface area contributed by atoms with Crippen LogP contribution in [0.2, 0.25) is 5.02 Å². The minimum atomic E-state index is 0.217. The number of hydrogen-bond donors (Lipinski definition) is 0. The molecule has 0 atom stereocenters. The summed E-state index contributed by atoms with van der Waals surface area (Å²) in [6.07, 6.45) is 3.24. The van der Waals surface area contributed by atoms with Crippen LogP contribution in [0.4, 0.5) is 0 Å². The molecule has 1 aromatic carbocycles. The molecule has 0 heterocycles. The van der Waals surface area contributed by atoms with Crippen molar-refractivity contribution in [1.29, 1.82) is 0 Å². The molecule has 0 saturated heterocycles. The Morgan fingerprint density at radius 3 is 2.62 bits per heavy atom. The number of Topliss-reactive ketones (excluding diaryl/α,β-unsaturated/α-hetero) is 1. The Kier molecular flexibility index (Phi) is 3.97. The van der Waals surface area contributed by atoms with Gasteiger partial charge < -0.3 is 4.74 Å². The molecule has 3 heteroatoms. The lowest BCUT2D eigenvalue weighted by molar-refractivity contribution is -0.123. The predicted octanol–water partition coefficient (Wildman–Crippen LogP) is 3.37. The first kappa shape index (κ1) is 11.6. The lowest BCUT2D eigenvalue weighted by Crippen LogP contribution is -2.21. The first-order valence-corrected chi connectivity index (χ1v) is 6.00. The summed E-state index contributed by atoms with van der Waals surface area (Å²) < 4.78 is 5.76. The fourth-order valence-corrected chi connectivity index (χ4v) is 2.09. The topological polar surface area (TPSA) is 26.3 Å². The second-order valence-corrected chi connectivity index (χ2v) is 4.55. The van der Waals surface area contributed by atoms with Crippen molar-refractivity contribution in [3.05, 3.63) is 34.9 Å². The van der Waals surface area contributed by atoms with Crippen molar-refractivity contribution in [2.45, 2.75) is 38.4 Å². The van der Waals surface area contributed by atoms with Crippen molar-refractivity contribution in [2.75, 3.05) is 0 Å². The predicted molar refractivity (Wildman–Crippen MR) is 63.5 cm³/mol. The number of carbonyl (C=O) groups excluding carboxylic acids is 1. The Balaban J connectivity index is 1.84. The van der Waals surface area contributed by atoms with E-state index >= 15 is 0 Å². The third kappa shape index (κ3) is 3.06. The summed E-state index contributed by atoms with van der Waals surface area (Å²) in [5, 5.41) is 0.745. The molecule has 0 aliphatic heterocycles. The van der Waals surface area contributed by atoms with Crippen LogP contribution in [0.15, 0.2) is 24.3 Å². The van der Waals surface area contributed by atoms with Crippen LogP contribution in [0.25, 0.3) is 0 Å². The molecule has 2 nitrogen and oxygen atoms in total. The van der Waals surface area contributed by atoms with E-state index in [-0.39, 0.29) is 6.10 Å². The molecule has 1 saturated carbocycles. The zero-order valence-corrected chi connectivity index (χ0v) is 9.87.